The summed E-state index contributed by atoms with van der Waals surface area (Å²) in [5.74, 6) is -0.684. The molecular weight excluding hydrogens is 335 g/mol. The molecule has 9 heteroatoms. The van der Waals surface area contributed by atoms with Crippen molar-refractivity contribution in [2.75, 3.05) is 11.4 Å². The number of hydrogen-bond acceptors (Lipinski definition) is 5. The number of alkyl halides is 3. The second-order valence-electron chi connectivity index (χ2n) is 5.53. The maximum Gasteiger partial charge on any atom is 0.453 e. The number of aromatic hydroxyl groups is 1. The van der Waals surface area contributed by atoms with Crippen LogP contribution in [0.1, 0.15) is 24.7 Å². The van der Waals surface area contributed by atoms with Gasteiger partial charge in [0.1, 0.15) is 11.6 Å². The highest BCUT2D eigenvalue weighted by molar-refractivity contribution is 5.47. The lowest BCUT2D eigenvalue weighted by Crippen LogP contribution is -2.25. The molecule has 0 aliphatic heterocycles. The minimum absolute atomic E-state index is 0.0232. The Morgan fingerprint density at radius 1 is 1.12 bits per heavy atom. The van der Waals surface area contributed by atoms with E-state index in [0.29, 0.717) is 29.0 Å². The van der Waals surface area contributed by atoms with E-state index in [9.17, 15) is 18.3 Å². The first-order chi connectivity index (χ1) is 11.9. The zero-order valence-corrected chi connectivity index (χ0v) is 13.4. The van der Waals surface area contributed by atoms with E-state index in [1.807, 2.05) is 6.92 Å². The summed E-state index contributed by atoms with van der Waals surface area (Å²) < 4.78 is 39.8. The monoisotopic (exact) mass is 351 g/mol. The van der Waals surface area contributed by atoms with Crippen LogP contribution in [0.3, 0.4) is 0 Å². The van der Waals surface area contributed by atoms with Gasteiger partial charge in [-0.05, 0) is 24.6 Å². The normalized spacial score (nSPS) is 11.8. The molecule has 0 bridgehead atoms. The molecule has 25 heavy (non-hydrogen) atoms. The van der Waals surface area contributed by atoms with E-state index in [4.69, 9.17) is 0 Å². The molecule has 2 aromatic heterocycles. The standard InChI is InChI=1S/C16H16F3N5O/c1-2-9-23(10-11-5-3-4-6-12(11)25)14-8-7-13-20-21-15(16(17,18)19)24(13)22-14/h3-8,25H,2,9-10H2,1H3. The van der Waals surface area contributed by atoms with Crippen LogP contribution in [0.5, 0.6) is 5.75 Å². The predicted molar refractivity (Wildman–Crippen MR) is 85.2 cm³/mol. The van der Waals surface area contributed by atoms with Crippen molar-refractivity contribution in [1.82, 2.24) is 19.8 Å². The Bertz CT molecular complexity index is 878. The minimum atomic E-state index is -4.64. The molecule has 0 aliphatic rings. The summed E-state index contributed by atoms with van der Waals surface area (Å²) in [6.07, 6.45) is -3.88. The summed E-state index contributed by atoms with van der Waals surface area (Å²) in [5.41, 5.74) is 0.688. The van der Waals surface area contributed by atoms with Crippen LogP contribution in [-0.4, -0.2) is 31.5 Å². The van der Waals surface area contributed by atoms with Crippen LogP contribution in [-0.2, 0) is 12.7 Å². The highest BCUT2D eigenvalue weighted by atomic mass is 19.4. The van der Waals surface area contributed by atoms with Gasteiger partial charge in [-0.15, -0.1) is 15.3 Å². The van der Waals surface area contributed by atoms with E-state index in [0.717, 1.165) is 6.42 Å². The van der Waals surface area contributed by atoms with E-state index in [1.54, 1.807) is 35.2 Å². The molecule has 0 saturated carbocycles. The lowest BCUT2D eigenvalue weighted by atomic mass is 10.2. The van der Waals surface area contributed by atoms with Crippen molar-refractivity contribution in [1.29, 1.82) is 0 Å². The summed E-state index contributed by atoms with van der Waals surface area (Å²) in [6, 6.07) is 9.86. The highest BCUT2D eigenvalue weighted by Gasteiger charge is 2.37. The summed E-state index contributed by atoms with van der Waals surface area (Å²) in [5, 5.41) is 20.7. The van der Waals surface area contributed by atoms with Crippen LogP contribution < -0.4 is 4.90 Å². The number of aromatic nitrogens is 4. The number of para-hydroxylation sites is 1. The van der Waals surface area contributed by atoms with Crippen molar-refractivity contribution in [3.63, 3.8) is 0 Å². The fourth-order valence-electron chi connectivity index (χ4n) is 2.52. The third-order valence-corrected chi connectivity index (χ3v) is 3.67. The molecule has 0 aliphatic carbocycles. The molecule has 3 aromatic rings. The van der Waals surface area contributed by atoms with E-state index in [2.05, 4.69) is 15.3 Å². The first-order valence-corrected chi connectivity index (χ1v) is 7.71. The van der Waals surface area contributed by atoms with Gasteiger partial charge in [0.15, 0.2) is 5.65 Å². The number of fused-ring (bicyclic) bond motifs is 1. The second-order valence-corrected chi connectivity index (χ2v) is 5.53. The third-order valence-electron chi connectivity index (χ3n) is 3.67. The molecule has 0 spiro atoms. The lowest BCUT2D eigenvalue weighted by molar-refractivity contribution is -0.146. The third kappa shape index (κ3) is 3.49. The van der Waals surface area contributed by atoms with Gasteiger partial charge in [0.25, 0.3) is 5.82 Å². The fraction of sp³-hybridized carbons (Fsp3) is 0.312. The van der Waals surface area contributed by atoms with Gasteiger partial charge < -0.3 is 10.0 Å². The smallest absolute Gasteiger partial charge is 0.453 e. The lowest BCUT2D eigenvalue weighted by Gasteiger charge is -2.23. The van der Waals surface area contributed by atoms with Gasteiger partial charge in [0, 0.05) is 18.7 Å². The SMILES string of the molecule is CCCN(Cc1ccccc1O)c1ccc2nnc(C(F)(F)F)n2n1. The summed E-state index contributed by atoms with van der Waals surface area (Å²) in [7, 11) is 0. The maximum absolute atomic E-state index is 13.0. The maximum atomic E-state index is 13.0. The molecule has 3 rings (SSSR count). The number of anilines is 1. The Balaban J connectivity index is 2.00. The molecule has 1 N–H and O–H groups in total. The molecule has 0 atom stereocenters. The highest BCUT2D eigenvalue weighted by Crippen LogP contribution is 2.28. The van der Waals surface area contributed by atoms with Crippen molar-refractivity contribution in [2.45, 2.75) is 26.1 Å². The topological polar surface area (TPSA) is 66.5 Å². The Morgan fingerprint density at radius 2 is 1.88 bits per heavy atom. The quantitative estimate of drug-likeness (QED) is 0.764. The van der Waals surface area contributed by atoms with E-state index in [-0.39, 0.29) is 11.4 Å². The number of halogens is 3. The van der Waals surface area contributed by atoms with Crippen LogP contribution in [0.15, 0.2) is 36.4 Å². The molecule has 0 unspecified atom stereocenters. The zero-order valence-electron chi connectivity index (χ0n) is 13.4. The Morgan fingerprint density at radius 3 is 2.56 bits per heavy atom. The molecule has 0 saturated heterocycles. The number of phenols is 1. The zero-order chi connectivity index (χ0) is 18.0. The molecule has 132 valence electrons. The molecule has 6 nitrogen and oxygen atoms in total. The van der Waals surface area contributed by atoms with Gasteiger partial charge >= 0.3 is 6.18 Å². The first-order valence-electron chi connectivity index (χ1n) is 7.71. The van der Waals surface area contributed by atoms with Gasteiger partial charge in [-0.1, -0.05) is 25.1 Å². The molecular formula is C16H16F3N5O. The van der Waals surface area contributed by atoms with Crippen LogP contribution in [0.4, 0.5) is 19.0 Å². The number of hydrogen-bond donors (Lipinski definition) is 1. The second kappa shape index (κ2) is 6.58. The van der Waals surface area contributed by atoms with Crippen LogP contribution >= 0.6 is 0 Å². The van der Waals surface area contributed by atoms with Crippen molar-refractivity contribution in [2.24, 2.45) is 0 Å². The Labute approximate surface area is 141 Å². The molecule has 2 heterocycles. The average Bonchev–Trinajstić information content (AvgIpc) is 2.99. The number of benzene rings is 1. The largest absolute Gasteiger partial charge is 0.508 e. The van der Waals surface area contributed by atoms with Gasteiger partial charge in [-0.2, -0.15) is 17.7 Å². The Kier molecular flexibility index (Phi) is 4.47. The van der Waals surface area contributed by atoms with Crippen LogP contribution in [0.25, 0.3) is 5.65 Å². The van der Waals surface area contributed by atoms with Crippen LogP contribution in [0, 0.1) is 0 Å². The average molecular weight is 351 g/mol. The first kappa shape index (κ1) is 17.0. The van der Waals surface area contributed by atoms with E-state index in [1.165, 1.54) is 6.07 Å². The number of nitrogens with zero attached hydrogens (tertiary/aromatic N) is 5. The predicted octanol–water partition coefficient (Wildman–Crippen LogP) is 3.27. The van der Waals surface area contributed by atoms with Gasteiger partial charge in [0.2, 0.25) is 0 Å². The number of phenolic OH excluding ortho intramolecular Hbond substituents is 1. The Hall–Kier alpha value is -2.84. The van der Waals surface area contributed by atoms with Crippen molar-refractivity contribution in [3.8, 4) is 5.75 Å². The van der Waals surface area contributed by atoms with Crippen molar-refractivity contribution >= 4 is 11.5 Å². The van der Waals surface area contributed by atoms with Crippen molar-refractivity contribution < 1.29 is 18.3 Å². The van der Waals surface area contributed by atoms with E-state index >= 15 is 0 Å². The molecule has 0 amide bonds. The summed E-state index contributed by atoms with van der Waals surface area (Å²) in [6.45, 7) is 2.84. The summed E-state index contributed by atoms with van der Waals surface area (Å²) >= 11 is 0. The minimum Gasteiger partial charge on any atom is -0.508 e. The van der Waals surface area contributed by atoms with Gasteiger partial charge in [-0.25, -0.2) is 0 Å². The van der Waals surface area contributed by atoms with Gasteiger partial charge in [-0.3, -0.25) is 0 Å². The number of rotatable bonds is 5. The summed E-state index contributed by atoms with van der Waals surface area (Å²) in [4.78, 5) is 1.80. The van der Waals surface area contributed by atoms with Gasteiger partial charge in [0.05, 0.1) is 0 Å². The van der Waals surface area contributed by atoms with Crippen molar-refractivity contribution in [3.05, 3.63) is 47.8 Å². The molecule has 0 radical (unpaired) electrons. The molecule has 1 aromatic carbocycles. The fourth-order valence-corrected chi connectivity index (χ4v) is 2.52. The van der Waals surface area contributed by atoms with E-state index < -0.39 is 12.0 Å². The molecule has 0 fully saturated rings. The van der Waals surface area contributed by atoms with Crippen LogP contribution in [0.2, 0.25) is 0 Å².